The lowest BCUT2D eigenvalue weighted by Crippen LogP contribution is -2.14. The normalized spacial score (nSPS) is 10.2. The maximum Gasteiger partial charge on any atom is 0.250 e. The first-order chi connectivity index (χ1) is 8.06. The van der Waals surface area contributed by atoms with Crippen molar-refractivity contribution in [2.75, 3.05) is 26.1 Å². The minimum absolute atomic E-state index is 0.000702. The first-order valence-electron chi connectivity index (χ1n) is 5.06. The molecule has 6 heteroatoms. The second-order valence-electron chi connectivity index (χ2n) is 3.43. The molecule has 0 atom stereocenters. The summed E-state index contributed by atoms with van der Waals surface area (Å²) in [5, 5.41) is 0. The van der Waals surface area contributed by atoms with Crippen LogP contribution in [-0.2, 0) is 4.74 Å². The number of carbonyl (C=O) groups is 1. The Labute approximate surface area is 98.5 Å². The molecule has 1 aromatic rings. The summed E-state index contributed by atoms with van der Waals surface area (Å²) in [4.78, 5) is 11.0. The number of nitrogen functional groups attached to an aromatic ring is 1. The Hall–Kier alpha value is -1.82. The Balaban J connectivity index is 2.77. The zero-order chi connectivity index (χ0) is 12.8. The standard InChI is InChI=1S/C11H15FN2O3/c1-16-3-2-4-17-10-5-7(11(14)15)9(13)6-8(10)12/h5-6H,2-4,13H2,1H3,(H2,14,15). The summed E-state index contributed by atoms with van der Waals surface area (Å²) >= 11 is 0. The Kier molecular flexibility index (Phi) is 4.71. The molecule has 0 bridgehead atoms. The maximum atomic E-state index is 13.4. The van der Waals surface area contributed by atoms with Crippen molar-refractivity contribution in [1.82, 2.24) is 0 Å². The van der Waals surface area contributed by atoms with Crippen molar-refractivity contribution in [3.63, 3.8) is 0 Å². The second-order valence-corrected chi connectivity index (χ2v) is 3.43. The van der Waals surface area contributed by atoms with E-state index in [1.165, 1.54) is 6.07 Å². The van der Waals surface area contributed by atoms with E-state index in [1.807, 2.05) is 0 Å². The van der Waals surface area contributed by atoms with Crippen LogP contribution in [0.15, 0.2) is 12.1 Å². The van der Waals surface area contributed by atoms with Gasteiger partial charge in [0.05, 0.1) is 12.2 Å². The number of anilines is 1. The van der Waals surface area contributed by atoms with E-state index >= 15 is 0 Å². The summed E-state index contributed by atoms with van der Waals surface area (Å²) in [6.07, 6.45) is 0.617. The molecule has 0 aliphatic rings. The van der Waals surface area contributed by atoms with Gasteiger partial charge < -0.3 is 20.9 Å². The molecule has 1 rings (SSSR count). The number of carbonyl (C=O) groups excluding carboxylic acids is 1. The van der Waals surface area contributed by atoms with Gasteiger partial charge in [-0.1, -0.05) is 0 Å². The number of amides is 1. The smallest absolute Gasteiger partial charge is 0.250 e. The van der Waals surface area contributed by atoms with Gasteiger partial charge >= 0.3 is 0 Å². The van der Waals surface area contributed by atoms with Crippen LogP contribution in [0.4, 0.5) is 10.1 Å². The molecular formula is C11H15FN2O3. The molecule has 0 fully saturated rings. The quantitative estimate of drug-likeness (QED) is 0.573. The highest BCUT2D eigenvalue weighted by atomic mass is 19.1. The Morgan fingerprint density at radius 2 is 2.12 bits per heavy atom. The van der Waals surface area contributed by atoms with Gasteiger partial charge in [0.15, 0.2) is 11.6 Å². The molecule has 1 aromatic carbocycles. The van der Waals surface area contributed by atoms with E-state index in [2.05, 4.69) is 0 Å². The SMILES string of the molecule is COCCCOc1cc(C(N)=O)c(N)cc1F. The molecule has 0 saturated carbocycles. The second kappa shape index (κ2) is 6.05. The molecule has 0 spiro atoms. The number of benzene rings is 1. The number of hydrogen-bond donors (Lipinski definition) is 2. The minimum atomic E-state index is -0.718. The molecular weight excluding hydrogens is 227 g/mol. The monoisotopic (exact) mass is 242 g/mol. The number of primary amides is 1. The van der Waals surface area contributed by atoms with Gasteiger partial charge in [-0.2, -0.15) is 0 Å². The molecule has 0 unspecified atom stereocenters. The van der Waals surface area contributed by atoms with Crippen molar-refractivity contribution in [2.24, 2.45) is 5.73 Å². The predicted octanol–water partition coefficient (Wildman–Crippen LogP) is 0.922. The predicted molar refractivity (Wildman–Crippen MR) is 61.3 cm³/mol. The van der Waals surface area contributed by atoms with Crippen molar-refractivity contribution in [3.05, 3.63) is 23.5 Å². The molecule has 0 radical (unpaired) electrons. The third kappa shape index (κ3) is 3.60. The summed E-state index contributed by atoms with van der Waals surface area (Å²) in [5.41, 5.74) is 10.6. The van der Waals surface area contributed by atoms with Gasteiger partial charge in [-0.3, -0.25) is 4.79 Å². The highest BCUT2D eigenvalue weighted by Crippen LogP contribution is 2.24. The molecule has 0 aromatic heterocycles. The van der Waals surface area contributed by atoms with Gasteiger partial charge in [0.25, 0.3) is 5.91 Å². The summed E-state index contributed by atoms with van der Waals surface area (Å²) in [5.74, 6) is -1.38. The van der Waals surface area contributed by atoms with Crippen LogP contribution in [0.2, 0.25) is 0 Å². The first-order valence-corrected chi connectivity index (χ1v) is 5.06. The average Bonchev–Trinajstić information content (AvgIpc) is 2.26. The third-order valence-corrected chi connectivity index (χ3v) is 2.12. The van der Waals surface area contributed by atoms with E-state index in [4.69, 9.17) is 20.9 Å². The Bertz CT molecular complexity index is 410. The largest absolute Gasteiger partial charge is 0.490 e. The van der Waals surface area contributed by atoms with Crippen LogP contribution in [-0.4, -0.2) is 26.2 Å². The molecule has 0 saturated heterocycles. The van der Waals surface area contributed by atoms with Gasteiger partial charge in [0.2, 0.25) is 0 Å². The van der Waals surface area contributed by atoms with E-state index in [0.717, 1.165) is 6.07 Å². The number of nitrogens with two attached hydrogens (primary N) is 2. The van der Waals surface area contributed by atoms with Crippen LogP contribution in [0, 0.1) is 5.82 Å². The summed E-state index contributed by atoms with van der Waals surface area (Å²) in [7, 11) is 1.56. The lowest BCUT2D eigenvalue weighted by molar-refractivity contribution is 0.100. The number of methoxy groups -OCH3 is 1. The fraction of sp³-hybridized carbons (Fsp3) is 0.364. The minimum Gasteiger partial charge on any atom is -0.490 e. The lowest BCUT2D eigenvalue weighted by atomic mass is 10.1. The Morgan fingerprint density at radius 1 is 1.41 bits per heavy atom. The number of rotatable bonds is 6. The summed E-state index contributed by atoms with van der Waals surface area (Å²) in [6.45, 7) is 0.798. The van der Waals surface area contributed by atoms with Gasteiger partial charge in [-0.05, 0) is 6.07 Å². The highest BCUT2D eigenvalue weighted by Gasteiger charge is 2.12. The average molecular weight is 242 g/mol. The van der Waals surface area contributed by atoms with E-state index in [-0.39, 0.29) is 23.6 Å². The van der Waals surface area contributed by atoms with Gasteiger partial charge in [0, 0.05) is 31.9 Å². The van der Waals surface area contributed by atoms with Crippen molar-refractivity contribution >= 4 is 11.6 Å². The van der Waals surface area contributed by atoms with Gasteiger partial charge in [-0.25, -0.2) is 4.39 Å². The van der Waals surface area contributed by atoms with E-state index < -0.39 is 11.7 Å². The zero-order valence-electron chi connectivity index (χ0n) is 9.53. The number of halogens is 1. The van der Waals surface area contributed by atoms with E-state index in [9.17, 15) is 9.18 Å². The van der Waals surface area contributed by atoms with E-state index in [0.29, 0.717) is 13.0 Å². The zero-order valence-corrected chi connectivity index (χ0v) is 9.53. The first kappa shape index (κ1) is 13.2. The van der Waals surface area contributed by atoms with Crippen LogP contribution in [0.25, 0.3) is 0 Å². The molecule has 94 valence electrons. The van der Waals surface area contributed by atoms with Crippen molar-refractivity contribution < 1.29 is 18.7 Å². The summed E-state index contributed by atoms with van der Waals surface area (Å²) < 4.78 is 23.4. The molecule has 1 amide bonds. The third-order valence-electron chi connectivity index (χ3n) is 2.12. The fourth-order valence-electron chi connectivity index (χ4n) is 1.28. The van der Waals surface area contributed by atoms with Crippen molar-refractivity contribution in [2.45, 2.75) is 6.42 Å². The van der Waals surface area contributed by atoms with Crippen LogP contribution >= 0.6 is 0 Å². The molecule has 0 aliphatic heterocycles. The number of ether oxygens (including phenoxy) is 2. The van der Waals surface area contributed by atoms with Crippen molar-refractivity contribution in [3.8, 4) is 5.75 Å². The fourth-order valence-corrected chi connectivity index (χ4v) is 1.28. The molecule has 4 N–H and O–H groups in total. The van der Waals surface area contributed by atoms with Crippen LogP contribution < -0.4 is 16.2 Å². The number of hydrogen-bond acceptors (Lipinski definition) is 4. The van der Waals surface area contributed by atoms with Gasteiger partial charge in [-0.15, -0.1) is 0 Å². The topological polar surface area (TPSA) is 87.6 Å². The molecule has 17 heavy (non-hydrogen) atoms. The van der Waals surface area contributed by atoms with Gasteiger partial charge in [0.1, 0.15) is 0 Å². The van der Waals surface area contributed by atoms with Crippen LogP contribution in [0.5, 0.6) is 5.75 Å². The molecule has 0 aliphatic carbocycles. The molecule has 5 nitrogen and oxygen atoms in total. The lowest BCUT2D eigenvalue weighted by Gasteiger charge is -2.09. The van der Waals surface area contributed by atoms with E-state index in [1.54, 1.807) is 7.11 Å². The Morgan fingerprint density at radius 3 is 2.71 bits per heavy atom. The highest BCUT2D eigenvalue weighted by molar-refractivity contribution is 5.98. The maximum absolute atomic E-state index is 13.4. The van der Waals surface area contributed by atoms with Crippen molar-refractivity contribution in [1.29, 1.82) is 0 Å². The van der Waals surface area contributed by atoms with Crippen LogP contribution in [0.1, 0.15) is 16.8 Å². The summed E-state index contributed by atoms with van der Waals surface area (Å²) in [6, 6.07) is 2.23. The molecule has 0 heterocycles. The van der Waals surface area contributed by atoms with Crippen LogP contribution in [0.3, 0.4) is 0 Å².